The van der Waals surface area contributed by atoms with Crippen LogP contribution in [-0.2, 0) is 14.8 Å². The zero-order valence-electron chi connectivity index (χ0n) is 15.2. The maximum absolute atomic E-state index is 12.1. The molecule has 0 radical (unpaired) electrons. The third-order valence-electron chi connectivity index (χ3n) is 4.44. The first-order valence-corrected chi connectivity index (χ1v) is 10.4. The van der Waals surface area contributed by atoms with Crippen LogP contribution < -0.4 is 5.32 Å². The number of aromatic hydroxyl groups is 1. The second kappa shape index (κ2) is 9.16. The number of carbonyl (C=O) groups excluding carboxylic acids is 1. The largest absolute Gasteiger partial charge is 0.508 e. The first-order valence-electron chi connectivity index (χ1n) is 8.76. The van der Waals surface area contributed by atoms with Crippen LogP contribution >= 0.6 is 0 Å². The number of hydrogen-bond donors (Lipinski definition) is 3. The Hall–Kier alpha value is -2.17. The van der Waals surface area contributed by atoms with Gasteiger partial charge in [-0.2, -0.15) is 4.31 Å². The predicted octanol–water partition coefficient (Wildman–Crippen LogP) is -0.0674. The maximum atomic E-state index is 12.1. The molecular weight excluding hydrogens is 374 g/mol. The molecule has 1 saturated heterocycles. The van der Waals surface area contributed by atoms with Gasteiger partial charge < -0.3 is 15.5 Å². The van der Waals surface area contributed by atoms with Gasteiger partial charge in [-0.15, -0.1) is 0 Å². The highest BCUT2D eigenvalue weighted by Gasteiger charge is 2.32. The highest BCUT2D eigenvalue weighted by atomic mass is 32.2. The molecule has 0 aromatic heterocycles. The minimum Gasteiger partial charge on any atom is -0.508 e. The molecule has 27 heavy (non-hydrogen) atoms. The van der Waals surface area contributed by atoms with E-state index in [2.05, 4.69) is 5.32 Å². The van der Waals surface area contributed by atoms with Crippen molar-refractivity contribution in [1.29, 1.82) is 0 Å². The first kappa shape index (κ1) is 21.1. The summed E-state index contributed by atoms with van der Waals surface area (Å²) >= 11 is 0. The van der Waals surface area contributed by atoms with Gasteiger partial charge in [0.2, 0.25) is 10.0 Å². The Kier molecular flexibility index (Phi) is 7.17. The average Bonchev–Trinajstić information content (AvgIpc) is 2.62. The number of aliphatic carboxylic acids is 1. The second-order valence-corrected chi connectivity index (χ2v) is 8.45. The van der Waals surface area contributed by atoms with Crippen molar-refractivity contribution in [2.24, 2.45) is 0 Å². The Morgan fingerprint density at radius 3 is 2.26 bits per heavy atom. The van der Waals surface area contributed by atoms with Crippen LogP contribution in [0.1, 0.15) is 23.7 Å². The summed E-state index contributed by atoms with van der Waals surface area (Å²) in [5.41, 5.74) is 0.312. The Bertz CT molecular complexity index is 757. The number of phenolic OH excluding ortho intramolecular Hbond substituents is 1. The summed E-state index contributed by atoms with van der Waals surface area (Å²) in [7, 11) is -3.30. The summed E-state index contributed by atoms with van der Waals surface area (Å²) in [4.78, 5) is 25.4. The molecular formula is C17H25N3O6S. The Morgan fingerprint density at radius 1 is 1.15 bits per heavy atom. The van der Waals surface area contributed by atoms with E-state index in [0.29, 0.717) is 12.0 Å². The SMILES string of the molecule is CCCS(=O)(=O)N1CCN([C@@H](CNC(=O)c2ccc(O)cc2)C(=O)O)CC1. The molecule has 0 bridgehead atoms. The highest BCUT2D eigenvalue weighted by molar-refractivity contribution is 7.89. The number of sulfonamides is 1. The van der Waals surface area contributed by atoms with E-state index in [-0.39, 0.29) is 44.2 Å². The zero-order valence-corrected chi connectivity index (χ0v) is 16.0. The summed E-state index contributed by atoms with van der Waals surface area (Å²) in [5, 5.41) is 21.3. The molecule has 150 valence electrons. The van der Waals surface area contributed by atoms with Crippen LogP contribution in [0, 0.1) is 0 Å². The molecule has 1 aliphatic rings. The average molecular weight is 399 g/mol. The van der Waals surface area contributed by atoms with Crippen molar-refractivity contribution in [3.05, 3.63) is 29.8 Å². The van der Waals surface area contributed by atoms with Crippen molar-refractivity contribution in [2.75, 3.05) is 38.5 Å². The van der Waals surface area contributed by atoms with Crippen molar-refractivity contribution in [2.45, 2.75) is 19.4 Å². The number of hydrogen-bond acceptors (Lipinski definition) is 6. The lowest BCUT2D eigenvalue weighted by Crippen LogP contribution is -2.57. The number of benzene rings is 1. The Labute approximate surface area is 158 Å². The van der Waals surface area contributed by atoms with Crippen molar-refractivity contribution in [1.82, 2.24) is 14.5 Å². The van der Waals surface area contributed by atoms with Crippen molar-refractivity contribution in [3.63, 3.8) is 0 Å². The van der Waals surface area contributed by atoms with Gasteiger partial charge in [0.1, 0.15) is 11.8 Å². The van der Waals surface area contributed by atoms with Gasteiger partial charge in [0.15, 0.2) is 0 Å². The fraction of sp³-hybridized carbons (Fsp3) is 0.529. The normalized spacial score (nSPS) is 17.4. The molecule has 1 aromatic carbocycles. The number of phenols is 1. The summed E-state index contributed by atoms with van der Waals surface area (Å²) in [6.07, 6.45) is 0.531. The van der Waals surface area contributed by atoms with Crippen LogP contribution in [0.5, 0.6) is 5.75 Å². The van der Waals surface area contributed by atoms with Gasteiger partial charge in [0.05, 0.1) is 5.75 Å². The van der Waals surface area contributed by atoms with Crippen LogP contribution in [0.15, 0.2) is 24.3 Å². The van der Waals surface area contributed by atoms with Gasteiger partial charge in [-0.3, -0.25) is 14.5 Å². The van der Waals surface area contributed by atoms with E-state index in [1.807, 2.05) is 0 Å². The monoisotopic (exact) mass is 399 g/mol. The number of piperazine rings is 1. The first-order chi connectivity index (χ1) is 12.7. The van der Waals surface area contributed by atoms with E-state index >= 15 is 0 Å². The molecule has 0 saturated carbocycles. The van der Waals surface area contributed by atoms with E-state index in [1.54, 1.807) is 11.8 Å². The lowest BCUT2D eigenvalue weighted by atomic mass is 10.2. The fourth-order valence-corrected chi connectivity index (χ4v) is 4.45. The summed E-state index contributed by atoms with van der Waals surface area (Å²) < 4.78 is 25.6. The topological polar surface area (TPSA) is 127 Å². The summed E-state index contributed by atoms with van der Waals surface area (Å²) in [5.74, 6) is -1.40. The summed E-state index contributed by atoms with van der Waals surface area (Å²) in [6, 6.07) is 4.69. The molecule has 3 N–H and O–H groups in total. The molecule has 1 aromatic rings. The van der Waals surface area contributed by atoms with E-state index in [9.17, 15) is 28.2 Å². The predicted molar refractivity (Wildman–Crippen MR) is 99.1 cm³/mol. The molecule has 10 heteroatoms. The van der Waals surface area contributed by atoms with E-state index in [4.69, 9.17) is 0 Å². The van der Waals surface area contributed by atoms with E-state index < -0.39 is 27.9 Å². The number of carboxylic acid groups (broad SMARTS) is 1. The lowest BCUT2D eigenvalue weighted by Gasteiger charge is -2.37. The van der Waals surface area contributed by atoms with Gasteiger partial charge in [0.25, 0.3) is 5.91 Å². The van der Waals surface area contributed by atoms with Crippen LogP contribution in [-0.4, -0.2) is 84.2 Å². The molecule has 1 aliphatic heterocycles. The van der Waals surface area contributed by atoms with Crippen molar-refractivity contribution in [3.8, 4) is 5.75 Å². The maximum Gasteiger partial charge on any atom is 0.322 e. The molecule has 9 nitrogen and oxygen atoms in total. The van der Waals surface area contributed by atoms with Crippen LogP contribution in [0.3, 0.4) is 0 Å². The number of amides is 1. The van der Waals surface area contributed by atoms with Crippen molar-refractivity contribution >= 4 is 21.9 Å². The quantitative estimate of drug-likeness (QED) is 0.558. The summed E-state index contributed by atoms with van der Waals surface area (Å²) in [6.45, 7) is 2.74. The number of carbonyl (C=O) groups is 2. The standard InChI is InChI=1S/C17H25N3O6S/c1-2-11-27(25,26)20-9-7-19(8-10-20)15(17(23)24)12-18-16(22)13-3-5-14(21)6-4-13/h3-6,15,21H,2,7-12H2,1H3,(H,18,22)(H,23,24)/t15-/m0/s1. The number of nitrogens with zero attached hydrogens (tertiary/aromatic N) is 2. The van der Waals surface area contributed by atoms with E-state index in [0.717, 1.165) is 0 Å². The molecule has 0 spiro atoms. The molecule has 1 heterocycles. The van der Waals surface area contributed by atoms with Gasteiger partial charge in [-0.25, -0.2) is 8.42 Å². The van der Waals surface area contributed by atoms with Gasteiger partial charge in [-0.1, -0.05) is 6.92 Å². The van der Waals surface area contributed by atoms with Crippen LogP contribution in [0.2, 0.25) is 0 Å². The van der Waals surface area contributed by atoms with Crippen LogP contribution in [0.4, 0.5) is 0 Å². The third-order valence-corrected chi connectivity index (χ3v) is 6.52. The molecule has 2 rings (SSSR count). The number of rotatable bonds is 8. The zero-order chi connectivity index (χ0) is 20.0. The third kappa shape index (κ3) is 5.65. The second-order valence-electron chi connectivity index (χ2n) is 6.36. The van der Waals surface area contributed by atoms with Gasteiger partial charge >= 0.3 is 5.97 Å². The highest BCUT2D eigenvalue weighted by Crippen LogP contribution is 2.13. The van der Waals surface area contributed by atoms with Gasteiger partial charge in [0, 0.05) is 38.3 Å². The molecule has 1 amide bonds. The van der Waals surface area contributed by atoms with Crippen molar-refractivity contribution < 1.29 is 28.2 Å². The molecule has 1 fully saturated rings. The number of nitrogens with one attached hydrogen (secondary N) is 1. The fourth-order valence-electron chi connectivity index (χ4n) is 2.96. The smallest absolute Gasteiger partial charge is 0.322 e. The van der Waals surface area contributed by atoms with Crippen LogP contribution in [0.25, 0.3) is 0 Å². The molecule has 1 atom stereocenters. The Balaban J connectivity index is 1.93. The van der Waals surface area contributed by atoms with E-state index in [1.165, 1.54) is 28.6 Å². The number of carboxylic acids is 1. The molecule has 0 aliphatic carbocycles. The minimum absolute atomic E-state index is 0.0332. The lowest BCUT2D eigenvalue weighted by molar-refractivity contribution is -0.143. The Morgan fingerprint density at radius 2 is 1.74 bits per heavy atom. The van der Waals surface area contributed by atoms with Gasteiger partial charge in [-0.05, 0) is 30.7 Å². The molecule has 0 unspecified atom stereocenters. The minimum atomic E-state index is -3.30.